The molecule has 2 aromatic rings. The highest BCUT2D eigenvalue weighted by molar-refractivity contribution is 5.79. The summed E-state index contributed by atoms with van der Waals surface area (Å²) < 4.78 is 13.3. The molecule has 1 fully saturated rings. The molecule has 1 saturated carbocycles. The van der Waals surface area contributed by atoms with Gasteiger partial charge in [-0.1, -0.05) is 6.07 Å². The molecule has 0 atom stereocenters. The van der Waals surface area contributed by atoms with Crippen LogP contribution in [0.5, 0.6) is 11.5 Å². The molecule has 8 heteroatoms. The van der Waals surface area contributed by atoms with Crippen molar-refractivity contribution < 1.29 is 9.47 Å². The SMILES string of the molecule is CN=C(NCc1ccc(OC)c(OC2CCCC2)c1)NCc1ncnn1C. The highest BCUT2D eigenvalue weighted by atomic mass is 16.5. The van der Waals surface area contributed by atoms with Gasteiger partial charge in [-0.15, -0.1) is 0 Å². The van der Waals surface area contributed by atoms with E-state index in [1.54, 1.807) is 18.8 Å². The van der Waals surface area contributed by atoms with Crippen LogP contribution in [0.15, 0.2) is 29.5 Å². The number of aromatic nitrogens is 3. The lowest BCUT2D eigenvalue weighted by molar-refractivity contribution is 0.200. The molecule has 1 heterocycles. The smallest absolute Gasteiger partial charge is 0.191 e. The maximum Gasteiger partial charge on any atom is 0.191 e. The second kappa shape index (κ2) is 9.25. The van der Waals surface area contributed by atoms with Crippen LogP contribution in [0.1, 0.15) is 37.1 Å². The van der Waals surface area contributed by atoms with Gasteiger partial charge in [-0.25, -0.2) is 4.98 Å². The van der Waals surface area contributed by atoms with Crippen LogP contribution in [0.2, 0.25) is 0 Å². The molecule has 27 heavy (non-hydrogen) atoms. The molecule has 1 aliphatic carbocycles. The first-order valence-electron chi connectivity index (χ1n) is 9.30. The van der Waals surface area contributed by atoms with Crippen molar-refractivity contribution in [2.75, 3.05) is 14.2 Å². The molecule has 0 unspecified atom stereocenters. The van der Waals surface area contributed by atoms with E-state index in [1.807, 2.05) is 25.2 Å². The van der Waals surface area contributed by atoms with Gasteiger partial charge < -0.3 is 20.1 Å². The number of benzene rings is 1. The van der Waals surface area contributed by atoms with E-state index < -0.39 is 0 Å². The van der Waals surface area contributed by atoms with E-state index in [2.05, 4.69) is 25.7 Å². The van der Waals surface area contributed by atoms with Crippen LogP contribution in [0.4, 0.5) is 0 Å². The summed E-state index contributed by atoms with van der Waals surface area (Å²) in [5.41, 5.74) is 1.10. The summed E-state index contributed by atoms with van der Waals surface area (Å²) in [5.74, 6) is 3.13. The minimum Gasteiger partial charge on any atom is -0.493 e. The zero-order chi connectivity index (χ0) is 19.1. The summed E-state index contributed by atoms with van der Waals surface area (Å²) >= 11 is 0. The Hall–Kier alpha value is -2.77. The van der Waals surface area contributed by atoms with Gasteiger partial charge in [0.05, 0.1) is 19.8 Å². The van der Waals surface area contributed by atoms with Gasteiger partial charge in [0.25, 0.3) is 0 Å². The zero-order valence-corrected chi connectivity index (χ0v) is 16.2. The molecule has 0 bridgehead atoms. The lowest BCUT2D eigenvalue weighted by Gasteiger charge is -2.17. The van der Waals surface area contributed by atoms with Crippen LogP contribution >= 0.6 is 0 Å². The molecule has 3 rings (SSSR count). The van der Waals surface area contributed by atoms with E-state index in [9.17, 15) is 0 Å². The van der Waals surface area contributed by atoms with Crippen LogP contribution < -0.4 is 20.1 Å². The Labute approximate surface area is 160 Å². The van der Waals surface area contributed by atoms with Crippen molar-refractivity contribution >= 4 is 5.96 Å². The van der Waals surface area contributed by atoms with E-state index in [1.165, 1.54) is 19.2 Å². The third-order valence-electron chi connectivity index (χ3n) is 4.73. The molecule has 0 radical (unpaired) electrons. The van der Waals surface area contributed by atoms with Gasteiger partial charge >= 0.3 is 0 Å². The number of ether oxygens (including phenoxy) is 2. The molecule has 1 aromatic heterocycles. The summed E-state index contributed by atoms with van der Waals surface area (Å²) in [4.78, 5) is 8.45. The van der Waals surface area contributed by atoms with Crippen LogP contribution in [0.3, 0.4) is 0 Å². The van der Waals surface area contributed by atoms with E-state index in [4.69, 9.17) is 9.47 Å². The molecule has 8 nitrogen and oxygen atoms in total. The number of hydrogen-bond donors (Lipinski definition) is 2. The number of rotatable bonds is 7. The quantitative estimate of drug-likeness (QED) is 0.571. The fourth-order valence-electron chi connectivity index (χ4n) is 3.16. The van der Waals surface area contributed by atoms with E-state index in [-0.39, 0.29) is 0 Å². The lowest BCUT2D eigenvalue weighted by atomic mass is 10.2. The molecule has 0 spiro atoms. The Bertz CT molecular complexity index is 767. The van der Waals surface area contributed by atoms with Gasteiger partial charge in [0.2, 0.25) is 0 Å². The highest BCUT2D eigenvalue weighted by Gasteiger charge is 2.18. The Morgan fingerprint density at radius 3 is 2.67 bits per heavy atom. The number of nitrogens with one attached hydrogen (secondary N) is 2. The Morgan fingerprint density at radius 2 is 2.00 bits per heavy atom. The number of hydrogen-bond acceptors (Lipinski definition) is 5. The molecular weight excluding hydrogens is 344 g/mol. The standard InChI is InChI=1S/C19H28N6O2/c1-20-19(22-12-18-23-13-24-25(18)2)21-11-14-8-9-16(26-3)17(10-14)27-15-6-4-5-7-15/h8-10,13,15H,4-7,11-12H2,1-3H3,(H2,20,21,22). The third kappa shape index (κ3) is 5.12. The predicted octanol–water partition coefficient (Wildman–Crippen LogP) is 2.01. The zero-order valence-electron chi connectivity index (χ0n) is 16.2. The van der Waals surface area contributed by atoms with E-state index in [0.29, 0.717) is 25.2 Å². The largest absolute Gasteiger partial charge is 0.493 e. The second-order valence-corrected chi connectivity index (χ2v) is 6.59. The minimum absolute atomic E-state index is 0.294. The third-order valence-corrected chi connectivity index (χ3v) is 4.73. The van der Waals surface area contributed by atoms with E-state index in [0.717, 1.165) is 35.7 Å². The Morgan fingerprint density at radius 1 is 1.22 bits per heavy atom. The van der Waals surface area contributed by atoms with Gasteiger partial charge in [0.15, 0.2) is 17.5 Å². The molecule has 146 valence electrons. The van der Waals surface area contributed by atoms with Crippen LogP contribution in [0, 0.1) is 0 Å². The average molecular weight is 372 g/mol. The normalized spacial score (nSPS) is 15.0. The van der Waals surface area contributed by atoms with Crippen molar-refractivity contribution in [2.24, 2.45) is 12.0 Å². The summed E-state index contributed by atoms with van der Waals surface area (Å²) in [7, 11) is 5.28. The molecule has 2 N–H and O–H groups in total. The Balaban J connectivity index is 1.58. The van der Waals surface area contributed by atoms with Gasteiger partial charge in [-0.05, 0) is 43.4 Å². The van der Waals surface area contributed by atoms with Crippen molar-refractivity contribution in [2.45, 2.75) is 44.9 Å². The average Bonchev–Trinajstić information content (AvgIpc) is 3.34. The molecule has 0 aliphatic heterocycles. The molecule has 1 aliphatic rings. The minimum atomic E-state index is 0.294. The fourth-order valence-corrected chi connectivity index (χ4v) is 3.16. The fraction of sp³-hybridized carbons (Fsp3) is 0.526. The monoisotopic (exact) mass is 372 g/mol. The molecular formula is C19H28N6O2. The first-order chi connectivity index (χ1) is 13.2. The first kappa shape index (κ1) is 19.0. The lowest BCUT2D eigenvalue weighted by Crippen LogP contribution is -2.36. The maximum atomic E-state index is 6.16. The van der Waals surface area contributed by atoms with Crippen LogP contribution in [-0.4, -0.2) is 41.0 Å². The van der Waals surface area contributed by atoms with Crippen molar-refractivity contribution in [3.05, 3.63) is 35.9 Å². The number of aliphatic imine (C=N–C) groups is 1. The predicted molar refractivity (Wildman–Crippen MR) is 104 cm³/mol. The van der Waals surface area contributed by atoms with Crippen LogP contribution in [-0.2, 0) is 20.1 Å². The summed E-state index contributed by atoms with van der Waals surface area (Å²) in [6, 6.07) is 6.03. The number of guanidine groups is 1. The summed E-state index contributed by atoms with van der Waals surface area (Å²) in [5, 5.41) is 10.6. The van der Waals surface area contributed by atoms with Crippen molar-refractivity contribution in [3.8, 4) is 11.5 Å². The highest BCUT2D eigenvalue weighted by Crippen LogP contribution is 2.32. The van der Waals surface area contributed by atoms with Crippen LogP contribution in [0.25, 0.3) is 0 Å². The Kier molecular flexibility index (Phi) is 6.51. The number of aryl methyl sites for hydroxylation is 1. The second-order valence-electron chi connectivity index (χ2n) is 6.59. The molecule has 0 saturated heterocycles. The van der Waals surface area contributed by atoms with Gasteiger partial charge in [0.1, 0.15) is 12.2 Å². The summed E-state index contributed by atoms with van der Waals surface area (Å²) in [6.07, 6.45) is 6.54. The number of methoxy groups -OCH3 is 1. The summed E-state index contributed by atoms with van der Waals surface area (Å²) in [6.45, 7) is 1.18. The van der Waals surface area contributed by atoms with Crippen molar-refractivity contribution in [1.82, 2.24) is 25.4 Å². The molecule has 0 amide bonds. The first-order valence-corrected chi connectivity index (χ1v) is 9.30. The van der Waals surface area contributed by atoms with Gasteiger partial charge in [0, 0.05) is 20.6 Å². The molecule has 1 aromatic carbocycles. The van der Waals surface area contributed by atoms with Crippen molar-refractivity contribution in [3.63, 3.8) is 0 Å². The van der Waals surface area contributed by atoms with Gasteiger partial charge in [-0.3, -0.25) is 9.67 Å². The maximum absolute atomic E-state index is 6.16. The van der Waals surface area contributed by atoms with Gasteiger partial charge in [-0.2, -0.15) is 5.10 Å². The number of nitrogens with zero attached hydrogens (tertiary/aromatic N) is 4. The topological polar surface area (TPSA) is 85.6 Å². The van der Waals surface area contributed by atoms with Crippen molar-refractivity contribution in [1.29, 1.82) is 0 Å². The van der Waals surface area contributed by atoms with E-state index >= 15 is 0 Å².